The molecular formula is C24H41N3O2. The third-order valence-corrected chi connectivity index (χ3v) is 5.48. The van der Waals surface area contributed by atoms with Gasteiger partial charge in [-0.1, -0.05) is 43.5 Å². The van der Waals surface area contributed by atoms with Crippen LogP contribution in [0.25, 0.3) is 0 Å². The standard InChI is InChI=1S/C24H41N3O2/c1-24(2,3)29-23(28)26-22-13-16-27(17-14-22)15-8-6-4-5-7-10-20-11-9-12-21(18-20)19-25/h9,11-12,18,22H,4-8,10,13-17,19,25H2,1-3H3,(H,26,28). The molecule has 1 aliphatic rings. The zero-order chi connectivity index (χ0) is 21.1. The number of hydrogen-bond acceptors (Lipinski definition) is 4. The van der Waals surface area contributed by atoms with Crippen LogP contribution in [0.15, 0.2) is 24.3 Å². The van der Waals surface area contributed by atoms with Crippen molar-refractivity contribution in [3.63, 3.8) is 0 Å². The zero-order valence-corrected chi connectivity index (χ0v) is 18.7. The van der Waals surface area contributed by atoms with Crippen LogP contribution in [0.2, 0.25) is 0 Å². The lowest BCUT2D eigenvalue weighted by molar-refractivity contribution is 0.0479. The molecule has 5 heteroatoms. The number of rotatable bonds is 10. The Morgan fingerprint density at radius 1 is 1.10 bits per heavy atom. The molecule has 29 heavy (non-hydrogen) atoms. The first-order valence-corrected chi connectivity index (χ1v) is 11.4. The van der Waals surface area contributed by atoms with E-state index in [0.29, 0.717) is 6.54 Å². The minimum atomic E-state index is -0.431. The van der Waals surface area contributed by atoms with Gasteiger partial charge >= 0.3 is 6.09 Å². The highest BCUT2D eigenvalue weighted by atomic mass is 16.6. The molecule has 2 rings (SSSR count). The molecule has 1 amide bonds. The van der Waals surface area contributed by atoms with Gasteiger partial charge in [-0.05, 0) is 70.5 Å². The molecule has 1 aromatic carbocycles. The number of likely N-dealkylation sites (tertiary alicyclic amines) is 1. The maximum absolute atomic E-state index is 11.9. The Morgan fingerprint density at radius 2 is 1.76 bits per heavy atom. The van der Waals surface area contributed by atoms with Gasteiger partial charge in [-0.2, -0.15) is 0 Å². The highest BCUT2D eigenvalue weighted by Gasteiger charge is 2.23. The lowest BCUT2D eigenvalue weighted by Gasteiger charge is -2.32. The first kappa shape index (κ1) is 23.7. The molecule has 0 saturated carbocycles. The van der Waals surface area contributed by atoms with Crippen molar-refractivity contribution in [3.8, 4) is 0 Å². The number of nitrogens with zero attached hydrogens (tertiary/aromatic N) is 1. The third-order valence-electron chi connectivity index (χ3n) is 5.48. The van der Waals surface area contributed by atoms with Gasteiger partial charge in [0.15, 0.2) is 0 Å². The van der Waals surface area contributed by atoms with Crippen molar-refractivity contribution >= 4 is 6.09 Å². The Morgan fingerprint density at radius 3 is 2.45 bits per heavy atom. The molecule has 164 valence electrons. The average Bonchev–Trinajstić information content (AvgIpc) is 2.67. The van der Waals surface area contributed by atoms with Gasteiger partial charge in [0.1, 0.15) is 5.60 Å². The number of carbonyl (C=O) groups is 1. The van der Waals surface area contributed by atoms with Gasteiger partial charge in [0, 0.05) is 25.7 Å². The van der Waals surface area contributed by atoms with Crippen LogP contribution in [-0.4, -0.2) is 42.3 Å². The summed E-state index contributed by atoms with van der Waals surface area (Å²) in [6, 6.07) is 8.91. The fourth-order valence-electron chi connectivity index (χ4n) is 3.88. The molecule has 3 N–H and O–H groups in total. The second-order valence-electron chi connectivity index (χ2n) is 9.30. The molecule has 1 heterocycles. The monoisotopic (exact) mass is 403 g/mol. The zero-order valence-electron chi connectivity index (χ0n) is 18.7. The number of hydrogen-bond donors (Lipinski definition) is 2. The first-order valence-electron chi connectivity index (χ1n) is 11.4. The number of unbranched alkanes of at least 4 members (excludes halogenated alkanes) is 4. The topological polar surface area (TPSA) is 67.6 Å². The smallest absolute Gasteiger partial charge is 0.407 e. The van der Waals surface area contributed by atoms with Crippen LogP contribution >= 0.6 is 0 Å². The lowest BCUT2D eigenvalue weighted by atomic mass is 10.0. The van der Waals surface area contributed by atoms with Gasteiger partial charge < -0.3 is 20.7 Å². The molecular weight excluding hydrogens is 362 g/mol. The molecule has 0 unspecified atom stereocenters. The lowest BCUT2D eigenvalue weighted by Crippen LogP contribution is -2.46. The highest BCUT2D eigenvalue weighted by Crippen LogP contribution is 2.15. The Balaban J connectivity index is 1.48. The fraction of sp³-hybridized carbons (Fsp3) is 0.708. The Hall–Kier alpha value is -1.59. The Bertz CT molecular complexity index is 604. The number of benzene rings is 1. The molecule has 5 nitrogen and oxygen atoms in total. The maximum atomic E-state index is 11.9. The highest BCUT2D eigenvalue weighted by molar-refractivity contribution is 5.68. The van der Waals surface area contributed by atoms with Crippen LogP contribution in [-0.2, 0) is 17.7 Å². The molecule has 0 atom stereocenters. The normalized spacial score (nSPS) is 16.0. The van der Waals surface area contributed by atoms with Crippen molar-refractivity contribution in [1.82, 2.24) is 10.2 Å². The molecule has 0 spiro atoms. The maximum Gasteiger partial charge on any atom is 0.407 e. The molecule has 0 bridgehead atoms. The van der Waals surface area contributed by atoms with E-state index in [0.717, 1.165) is 32.4 Å². The van der Waals surface area contributed by atoms with E-state index in [1.165, 1.54) is 49.8 Å². The van der Waals surface area contributed by atoms with Crippen LogP contribution in [0.1, 0.15) is 76.8 Å². The minimum Gasteiger partial charge on any atom is -0.444 e. The summed E-state index contributed by atoms with van der Waals surface area (Å²) < 4.78 is 5.35. The van der Waals surface area contributed by atoms with E-state index in [2.05, 4.69) is 34.5 Å². The van der Waals surface area contributed by atoms with Crippen LogP contribution in [0, 0.1) is 0 Å². The summed E-state index contributed by atoms with van der Waals surface area (Å²) in [6.07, 6.45) is 9.35. The molecule has 0 aromatic heterocycles. The summed E-state index contributed by atoms with van der Waals surface area (Å²) in [6.45, 7) is 9.63. The van der Waals surface area contributed by atoms with Gasteiger partial charge in [-0.15, -0.1) is 0 Å². The average molecular weight is 404 g/mol. The number of ether oxygens (including phenoxy) is 1. The van der Waals surface area contributed by atoms with E-state index in [1.807, 2.05) is 20.8 Å². The van der Waals surface area contributed by atoms with Crippen molar-refractivity contribution in [1.29, 1.82) is 0 Å². The number of alkyl carbamates (subject to hydrolysis) is 1. The SMILES string of the molecule is CC(C)(C)OC(=O)NC1CCN(CCCCCCCc2cccc(CN)c2)CC1. The molecule has 1 fully saturated rings. The van der Waals surface area contributed by atoms with Crippen molar-refractivity contribution in [2.24, 2.45) is 5.73 Å². The van der Waals surface area contributed by atoms with E-state index in [1.54, 1.807) is 0 Å². The minimum absolute atomic E-state index is 0.249. The number of nitrogens with two attached hydrogens (primary N) is 1. The van der Waals surface area contributed by atoms with Crippen LogP contribution < -0.4 is 11.1 Å². The van der Waals surface area contributed by atoms with Gasteiger partial charge in [0.2, 0.25) is 0 Å². The molecule has 1 aromatic rings. The van der Waals surface area contributed by atoms with Crippen molar-refractivity contribution in [3.05, 3.63) is 35.4 Å². The third kappa shape index (κ3) is 10.1. The number of carbonyl (C=O) groups excluding carboxylic acids is 1. The van der Waals surface area contributed by atoms with Gasteiger partial charge in [0.25, 0.3) is 0 Å². The molecule has 0 radical (unpaired) electrons. The second-order valence-corrected chi connectivity index (χ2v) is 9.30. The first-order chi connectivity index (χ1) is 13.9. The van der Waals surface area contributed by atoms with Crippen LogP contribution in [0.4, 0.5) is 4.79 Å². The number of aryl methyl sites for hydroxylation is 1. The molecule has 1 aliphatic heterocycles. The summed E-state index contributed by atoms with van der Waals surface area (Å²) in [5, 5.41) is 3.01. The van der Waals surface area contributed by atoms with E-state index in [9.17, 15) is 4.79 Å². The van der Waals surface area contributed by atoms with Gasteiger partial charge in [0.05, 0.1) is 0 Å². The fourth-order valence-corrected chi connectivity index (χ4v) is 3.88. The van der Waals surface area contributed by atoms with E-state index < -0.39 is 5.60 Å². The number of piperidine rings is 1. The Kier molecular flexibility index (Phi) is 9.95. The van der Waals surface area contributed by atoms with Crippen molar-refractivity contribution in [2.75, 3.05) is 19.6 Å². The summed E-state index contributed by atoms with van der Waals surface area (Å²) in [5.74, 6) is 0. The van der Waals surface area contributed by atoms with Crippen LogP contribution in [0.5, 0.6) is 0 Å². The summed E-state index contributed by atoms with van der Waals surface area (Å²) >= 11 is 0. The van der Waals surface area contributed by atoms with E-state index in [4.69, 9.17) is 10.5 Å². The van der Waals surface area contributed by atoms with Crippen LogP contribution in [0.3, 0.4) is 0 Å². The second kappa shape index (κ2) is 12.2. The number of nitrogens with one attached hydrogen (secondary N) is 1. The summed E-state index contributed by atoms with van der Waals surface area (Å²) in [4.78, 5) is 14.4. The predicted molar refractivity (Wildman–Crippen MR) is 120 cm³/mol. The largest absolute Gasteiger partial charge is 0.444 e. The summed E-state index contributed by atoms with van der Waals surface area (Å²) in [7, 11) is 0. The predicted octanol–water partition coefficient (Wildman–Crippen LogP) is 4.63. The van der Waals surface area contributed by atoms with Gasteiger partial charge in [-0.3, -0.25) is 0 Å². The molecule has 1 saturated heterocycles. The van der Waals surface area contributed by atoms with Crippen molar-refractivity contribution in [2.45, 2.75) is 90.3 Å². The van der Waals surface area contributed by atoms with E-state index in [-0.39, 0.29) is 12.1 Å². The Labute approximate surface area is 177 Å². The number of amides is 1. The molecule has 0 aliphatic carbocycles. The quantitative estimate of drug-likeness (QED) is 0.559. The van der Waals surface area contributed by atoms with Gasteiger partial charge in [-0.25, -0.2) is 4.79 Å². The van der Waals surface area contributed by atoms with E-state index >= 15 is 0 Å². The van der Waals surface area contributed by atoms with Crippen molar-refractivity contribution < 1.29 is 9.53 Å². The summed E-state index contributed by atoms with van der Waals surface area (Å²) in [5.41, 5.74) is 7.92.